The van der Waals surface area contributed by atoms with Gasteiger partial charge in [0.2, 0.25) is 0 Å². The quantitative estimate of drug-likeness (QED) is 0.723. The van der Waals surface area contributed by atoms with Crippen LogP contribution < -0.4 is 11.1 Å². The van der Waals surface area contributed by atoms with E-state index < -0.39 is 12.0 Å². The van der Waals surface area contributed by atoms with Crippen LogP contribution in [0, 0.1) is 0 Å². The number of piperazine rings is 1. The van der Waals surface area contributed by atoms with E-state index in [0.29, 0.717) is 0 Å². The number of aliphatic carboxylic acids is 1. The predicted molar refractivity (Wildman–Crippen MR) is 73.8 cm³/mol. The van der Waals surface area contributed by atoms with Crippen LogP contribution in [0.3, 0.4) is 0 Å². The Morgan fingerprint density at radius 1 is 1.32 bits per heavy atom. The summed E-state index contributed by atoms with van der Waals surface area (Å²) in [5, 5.41) is 12.1. The number of carboxylic acids is 1. The van der Waals surface area contributed by atoms with E-state index in [9.17, 15) is 4.79 Å². The first-order valence-electron chi connectivity index (χ1n) is 6.64. The maximum Gasteiger partial charge on any atom is 0.305 e. The van der Waals surface area contributed by atoms with Crippen LogP contribution in [0.4, 0.5) is 0 Å². The van der Waals surface area contributed by atoms with Crippen LogP contribution in [0.1, 0.15) is 23.6 Å². The fraction of sp³-hybridized carbons (Fsp3) is 0.500. The Morgan fingerprint density at radius 2 is 1.95 bits per heavy atom. The van der Waals surface area contributed by atoms with Gasteiger partial charge in [0.05, 0.1) is 6.42 Å². The van der Waals surface area contributed by atoms with E-state index in [1.54, 1.807) is 0 Å². The summed E-state index contributed by atoms with van der Waals surface area (Å²) in [6.07, 6.45) is -0.0306. The number of rotatable bonds is 5. The number of carboxylic acid groups (broad SMARTS) is 1. The third kappa shape index (κ3) is 4.31. The van der Waals surface area contributed by atoms with Crippen molar-refractivity contribution in [2.45, 2.75) is 19.0 Å². The first-order chi connectivity index (χ1) is 9.15. The molecule has 0 bridgehead atoms. The summed E-state index contributed by atoms with van der Waals surface area (Å²) in [6.45, 7) is 5.17. The van der Waals surface area contributed by atoms with Crippen LogP contribution in [-0.4, -0.2) is 42.2 Å². The molecular formula is C14H21N3O2. The van der Waals surface area contributed by atoms with Crippen LogP contribution in [0.5, 0.6) is 0 Å². The third-order valence-corrected chi connectivity index (χ3v) is 3.42. The van der Waals surface area contributed by atoms with Crippen LogP contribution in [0.25, 0.3) is 0 Å². The van der Waals surface area contributed by atoms with Gasteiger partial charge in [-0.2, -0.15) is 0 Å². The first-order valence-corrected chi connectivity index (χ1v) is 6.64. The molecule has 0 radical (unpaired) electrons. The van der Waals surface area contributed by atoms with Gasteiger partial charge in [0, 0.05) is 38.8 Å². The maximum atomic E-state index is 10.6. The van der Waals surface area contributed by atoms with Crippen LogP contribution in [-0.2, 0) is 11.3 Å². The van der Waals surface area contributed by atoms with Gasteiger partial charge >= 0.3 is 5.97 Å². The van der Waals surface area contributed by atoms with Crippen molar-refractivity contribution in [2.75, 3.05) is 26.2 Å². The minimum atomic E-state index is -0.864. The molecule has 4 N–H and O–H groups in total. The smallest absolute Gasteiger partial charge is 0.305 e. The van der Waals surface area contributed by atoms with Crippen molar-refractivity contribution in [3.05, 3.63) is 35.4 Å². The average Bonchev–Trinajstić information content (AvgIpc) is 2.40. The van der Waals surface area contributed by atoms with Gasteiger partial charge in [-0.1, -0.05) is 24.3 Å². The number of nitrogens with one attached hydrogen (secondary N) is 1. The molecule has 0 spiro atoms. The molecular weight excluding hydrogens is 242 g/mol. The lowest BCUT2D eigenvalue weighted by Gasteiger charge is -2.27. The normalized spacial score (nSPS) is 18.2. The molecule has 0 aliphatic carbocycles. The van der Waals surface area contributed by atoms with Gasteiger partial charge < -0.3 is 16.2 Å². The Bertz CT molecular complexity index is 413. The summed E-state index contributed by atoms with van der Waals surface area (Å²) in [4.78, 5) is 13.0. The Hall–Kier alpha value is -1.43. The van der Waals surface area contributed by atoms with Crippen LogP contribution >= 0.6 is 0 Å². The first kappa shape index (κ1) is 14.0. The zero-order valence-electron chi connectivity index (χ0n) is 11.0. The molecule has 1 atom stereocenters. The highest BCUT2D eigenvalue weighted by Crippen LogP contribution is 2.16. The molecule has 5 nitrogen and oxygen atoms in total. The summed E-state index contributed by atoms with van der Waals surface area (Å²) >= 11 is 0. The Labute approximate surface area is 113 Å². The molecule has 0 saturated carbocycles. The number of benzene rings is 1. The van der Waals surface area contributed by atoms with E-state index in [2.05, 4.69) is 10.2 Å². The lowest BCUT2D eigenvalue weighted by molar-refractivity contribution is -0.137. The van der Waals surface area contributed by atoms with Gasteiger partial charge in [-0.05, 0) is 11.1 Å². The van der Waals surface area contributed by atoms with Crippen molar-refractivity contribution < 1.29 is 9.90 Å². The summed E-state index contributed by atoms with van der Waals surface area (Å²) in [5.74, 6) is -0.864. The largest absolute Gasteiger partial charge is 0.481 e. The monoisotopic (exact) mass is 263 g/mol. The summed E-state index contributed by atoms with van der Waals surface area (Å²) in [6, 6.07) is 7.53. The second kappa shape index (κ2) is 6.65. The van der Waals surface area contributed by atoms with Gasteiger partial charge in [-0.15, -0.1) is 0 Å². The summed E-state index contributed by atoms with van der Waals surface area (Å²) in [7, 11) is 0. The van der Waals surface area contributed by atoms with E-state index in [0.717, 1.165) is 38.3 Å². The zero-order valence-corrected chi connectivity index (χ0v) is 11.0. The minimum absolute atomic E-state index is 0.0306. The molecule has 2 rings (SSSR count). The standard InChI is InChI=1S/C14H21N3O2/c15-13(9-14(18)19)12-3-1-11(2-4-12)10-17-7-5-16-6-8-17/h1-4,13,16H,5-10,15H2,(H,18,19). The van der Waals surface area contributed by atoms with Crippen molar-refractivity contribution in [2.24, 2.45) is 5.73 Å². The number of hydrogen-bond acceptors (Lipinski definition) is 4. The highest BCUT2D eigenvalue weighted by molar-refractivity contribution is 5.67. The number of nitrogens with two attached hydrogens (primary N) is 1. The molecule has 0 amide bonds. The number of nitrogens with zero attached hydrogens (tertiary/aromatic N) is 1. The molecule has 19 heavy (non-hydrogen) atoms. The van der Waals surface area contributed by atoms with E-state index in [-0.39, 0.29) is 6.42 Å². The van der Waals surface area contributed by atoms with Crippen molar-refractivity contribution in [1.82, 2.24) is 10.2 Å². The van der Waals surface area contributed by atoms with E-state index in [1.165, 1.54) is 5.56 Å². The Balaban J connectivity index is 1.92. The highest BCUT2D eigenvalue weighted by Gasteiger charge is 2.12. The zero-order chi connectivity index (χ0) is 13.7. The number of hydrogen-bond donors (Lipinski definition) is 3. The molecule has 0 aromatic heterocycles. The van der Waals surface area contributed by atoms with Crippen LogP contribution in [0.15, 0.2) is 24.3 Å². The van der Waals surface area contributed by atoms with Crippen molar-refractivity contribution in [3.63, 3.8) is 0 Å². The Morgan fingerprint density at radius 3 is 2.53 bits per heavy atom. The SMILES string of the molecule is NC(CC(=O)O)c1ccc(CN2CCNCC2)cc1. The Kier molecular flexibility index (Phi) is 4.90. The fourth-order valence-corrected chi connectivity index (χ4v) is 2.30. The van der Waals surface area contributed by atoms with Crippen molar-refractivity contribution >= 4 is 5.97 Å². The summed E-state index contributed by atoms with van der Waals surface area (Å²) < 4.78 is 0. The molecule has 1 fully saturated rings. The van der Waals surface area contributed by atoms with Gasteiger partial charge in [-0.3, -0.25) is 9.69 Å². The van der Waals surface area contributed by atoms with E-state index in [4.69, 9.17) is 10.8 Å². The fourth-order valence-electron chi connectivity index (χ4n) is 2.30. The van der Waals surface area contributed by atoms with E-state index >= 15 is 0 Å². The van der Waals surface area contributed by atoms with E-state index in [1.807, 2.05) is 24.3 Å². The second-order valence-corrected chi connectivity index (χ2v) is 4.97. The van der Waals surface area contributed by atoms with Crippen molar-refractivity contribution in [1.29, 1.82) is 0 Å². The predicted octanol–water partition coefficient (Wildman–Crippen LogP) is 0.566. The second-order valence-electron chi connectivity index (χ2n) is 4.97. The molecule has 1 aromatic carbocycles. The summed E-state index contributed by atoms with van der Waals surface area (Å²) in [5.41, 5.74) is 7.96. The topological polar surface area (TPSA) is 78.6 Å². The van der Waals surface area contributed by atoms with Gasteiger partial charge in [0.1, 0.15) is 0 Å². The molecule has 104 valence electrons. The minimum Gasteiger partial charge on any atom is -0.481 e. The molecule has 1 saturated heterocycles. The molecule has 1 unspecified atom stereocenters. The van der Waals surface area contributed by atoms with Gasteiger partial charge in [0.15, 0.2) is 0 Å². The molecule has 5 heteroatoms. The molecule has 1 aromatic rings. The average molecular weight is 263 g/mol. The molecule has 1 heterocycles. The lowest BCUT2D eigenvalue weighted by Crippen LogP contribution is -2.42. The van der Waals surface area contributed by atoms with Crippen LogP contribution in [0.2, 0.25) is 0 Å². The molecule has 1 aliphatic heterocycles. The van der Waals surface area contributed by atoms with Gasteiger partial charge in [0.25, 0.3) is 0 Å². The molecule has 1 aliphatic rings. The number of carbonyl (C=O) groups is 1. The lowest BCUT2D eigenvalue weighted by atomic mass is 10.0. The third-order valence-electron chi connectivity index (χ3n) is 3.42. The van der Waals surface area contributed by atoms with Gasteiger partial charge in [-0.25, -0.2) is 0 Å². The van der Waals surface area contributed by atoms with Crippen molar-refractivity contribution in [3.8, 4) is 0 Å². The maximum absolute atomic E-state index is 10.6. The highest BCUT2D eigenvalue weighted by atomic mass is 16.4.